The molecule has 0 aliphatic rings. The van der Waals surface area contributed by atoms with Crippen molar-refractivity contribution in [1.29, 1.82) is 0 Å². The Morgan fingerprint density at radius 3 is 2.48 bits per heavy atom. The Morgan fingerprint density at radius 1 is 1.14 bits per heavy atom. The van der Waals surface area contributed by atoms with Crippen molar-refractivity contribution in [3.05, 3.63) is 40.2 Å². The molecule has 0 amide bonds. The van der Waals surface area contributed by atoms with Crippen LogP contribution in [0.25, 0.3) is 11.3 Å². The van der Waals surface area contributed by atoms with Gasteiger partial charge in [0, 0.05) is 28.9 Å². The van der Waals surface area contributed by atoms with Crippen LogP contribution in [0.1, 0.15) is 49.9 Å². The molecule has 1 unspecified atom stereocenters. The maximum atomic E-state index is 4.94. The quantitative estimate of drug-likeness (QED) is 0.789. The fourth-order valence-electron chi connectivity index (χ4n) is 2.22. The fourth-order valence-corrected chi connectivity index (χ4v) is 3.44. The first-order valence-electron chi connectivity index (χ1n) is 7.90. The van der Waals surface area contributed by atoms with Crippen LogP contribution in [0.4, 0.5) is 0 Å². The largest absolute Gasteiger partial charge is 0.314 e. The standard InChI is InChI=1S/C18H26N2S/c1-5-14(4)18-20-17(15-9-7-6-8-10-15)16(21-18)11-12-19-13(2)3/h6-10,13-14,19H,5,11-12H2,1-4H3. The summed E-state index contributed by atoms with van der Waals surface area (Å²) in [4.78, 5) is 6.35. The van der Waals surface area contributed by atoms with E-state index in [0.29, 0.717) is 12.0 Å². The Bertz CT molecular complexity index is 546. The number of benzene rings is 1. The highest BCUT2D eigenvalue weighted by molar-refractivity contribution is 7.12. The molecule has 114 valence electrons. The van der Waals surface area contributed by atoms with Crippen molar-refractivity contribution in [2.75, 3.05) is 6.54 Å². The SMILES string of the molecule is CCC(C)c1nc(-c2ccccc2)c(CCNC(C)C)s1. The predicted octanol–water partition coefficient (Wildman–Crippen LogP) is 4.86. The molecule has 1 aromatic carbocycles. The maximum absolute atomic E-state index is 4.94. The van der Waals surface area contributed by atoms with E-state index < -0.39 is 0 Å². The Morgan fingerprint density at radius 2 is 1.86 bits per heavy atom. The van der Waals surface area contributed by atoms with Crippen molar-refractivity contribution in [2.24, 2.45) is 0 Å². The molecule has 0 saturated heterocycles. The van der Waals surface area contributed by atoms with E-state index in [1.165, 1.54) is 21.1 Å². The van der Waals surface area contributed by atoms with Crippen LogP contribution in [0.15, 0.2) is 30.3 Å². The molecule has 21 heavy (non-hydrogen) atoms. The van der Waals surface area contributed by atoms with Gasteiger partial charge in [0.2, 0.25) is 0 Å². The highest BCUT2D eigenvalue weighted by Gasteiger charge is 2.16. The van der Waals surface area contributed by atoms with E-state index in [1.54, 1.807) is 0 Å². The topological polar surface area (TPSA) is 24.9 Å². The van der Waals surface area contributed by atoms with Crippen LogP contribution < -0.4 is 5.32 Å². The number of rotatable bonds is 7. The molecule has 3 heteroatoms. The molecule has 0 aliphatic heterocycles. The summed E-state index contributed by atoms with van der Waals surface area (Å²) in [6.07, 6.45) is 2.20. The van der Waals surface area contributed by atoms with Gasteiger partial charge in [0.15, 0.2) is 0 Å². The van der Waals surface area contributed by atoms with Gasteiger partial charge < -0.3 is 5.32 Å². The van der Waals surface area contributed by atoms with Crippen molar-refractivity contribution < 1.29 is 0 Å². The number of nitrogens with one attached hydrogen (secondary N) is 1. The zero-order valence-electron chi connectivity index (χ0n) is 13.5. The highest BCUT2D eigenvalue weighted by atomic mass is 32.1. The van der Waals surface area contributed by atoms with Crippen LogP contribution in [0.5, 0.6) is 0 Å². The molecule has 0 saturated carbocycles. The lowest BCUT2D eigenvalue weighted by molar-refractivity contribution is 0.592. The van der Waals surface area contributed by atoms with Crippen molar-refractivity contribution in [1.82, 2.24) is 10.3 Å². The Balaban J connectivity index is 2.25. The molecule has 1 heterocycles. The second-order valence-electron chi connectivity index (χ2n) is 5.86. The Kier molecular flexibility index (Phi) is 5.95. The van der Waals surface area contributed by atoms with Crippen molar-refractivity contribution in [3.8, 4) is 11.3 Å². The molecule has 1 N–H and O–H groups in total. The molecule has 2 rings (SSSR count). The summed E-state index contributed by atoms with van der Waals surface area (Å²) >= 11 is 1.89. The van der Waals surface area contributed by atoms with Crippen LogP contribution in [-0.2, 0) is 6.42 Å². The zero-order chi connectivity index (χ0) is 15.2. The number of hydrogen-bond acceptors (Lipinski definition) is 3. The molecule has 1 aromatic heterocycles. The van der Waals surface area contributed by atoms with Gasteiger partial charge in [-0.2, -0.15) is 0 Å². The van der Waals surface area contributed by atoms with E-state index >= 15 is 0 Å². The summed E-state index contributed by atoms with van der Waals surface area (Å²) in [5, 5.41) is 4.78. The first kappa shape index (κ1) is 16.2. The molecular formula is C18H26N2S. The number of thiazole rings is 1. The lowest BCUT2D eigenvalue weighted by Gasteiger charge is -2.07. The predicted molar refractivity (Wildman–Crippen MR) is 93.1 cm³/mol. The number of nitrogens with zero attached hydrogens (tertiary/aromatic N) is 1. The third-order valence-electron chi connectivity index (χ3n) is 3.70. The summed E-state index contributed by atoms with van der Waals surface area (Å²) in [6, 6.07) is 11.1. The second-order valence-corrected chi connectivity index (χ2v) is 6.97. The van der Waals surface area contributed by atoms with Gasteiger partial charge in [0.05, 0.1) is 10.7 Å². The smallest absolute Gasteiger partial charge is 0.0963 e. The van der Waals surface area contributed by atoms with Crippen LogP contribution in [0, 0.1) is 0 Å². The van der Waals surface area contributed by atoms with Gasteiger partial charge in [0.1, 0.15) is 0 Å². The summed E-state index contributed by atoms with van der Waals surface area (Å²) in [6.45, 7) is 9.89. The molecular weight excluding hydrogens is 276 g/mol. The minimum Gasteiger partial charge on any atom is -0.314 e. The van der Waals surface area contributed by atoms with Crippen molar-refractivity contribution in [3.63, 3.8) is 0 Å². The molecule has 1 atom stereocenters. The molecule has 2 aromatic rings. The van der Waals surface area contributed by atoms with E-state index in [1.807, 2.05) is 11.3 Å². The zero-order valence-corrected chi connectivity index (χ0v) is 14.3. The van der Waals surface area contributed by atoms with E-state index in [-0.39, 0.29) is 0 Å². The molecule has 0 bridgehead atoms. The highest BCUT2D eigenvalue weighted by Crippen LogP contribution is 2.33. The van der Waals surface area contributed by atoms with Crippen molar-refractivity contribution >= 4 is 11.3 Å². The Hall–Kier alpha value is -1.19. The summed E-state index contributed by atoms with van der Waals surface area (Å²) in [5.74, 6) is 0.546. The molecule has 0 spiro atoms. The minimum atomic E-state index is 0.534. The maximum Gasteiger partial charge on any atom is 0.0963 e. The van der Waals surface area contributed by atoms with Gasteiger partial charge >= 0.3 is 0 Å². The van der Waals surface area contributed by atoms with Gasteiger partial charge in [-0.05, 0) is 12.8 Å². The first-order valence-corrected chi connectivity index (χ1v) is 8.71. The number of aromatic nitrogens is 1. The minimum absolute atomic E-state index is 0.534. The van der Waals surface area contributed by atoms with Crippen molar-refractivity contribution in [2.45, 2.75) is 52.5 Å². The fraction of sp³-hybridized carbons (Fsp3) is 0.500. The average Bonchev–Trinajstić information content (AvgIpc) is 2.91. The molecule has 0 radical (unpaired) electrons. The van der Waals surface area contributed by atoms with Crippen LogP contribution >= 0.6 is 11.3 Å². The first-order chi connectivity index (χ1) is 10.1. The monoisotopic (exact) mass is 302 g/mol. The van der Waals surface area contributed by atoms with Gasteiger partial charge in [-0.3, -0.25) is 0 Å². The van der Waals surface area contributed by atoms with Gasteiger partial charge in [0.25, 0.3) is 0 Å². The van der Waals surface area contributed by atoms with Crippen LogP contribution in [0.2, 0.25) is 0 Å². The van der Waals surface area contributed by atoms with Crippen LogP contribution in [0.3, 0.4) is 0 Å². The van der Waals surface area contributed by atoms with E-state index in [9.17, 15) is 0 Å². The molecule has 2 nitrogen and oxygen atoms in total. The lowest BCUT2D eigenvalue weighted by atomic mass is 10.1. The van der Waals surface area contributed by atoms with Gasteiger partial charge in [-0.15, -0.1) is 11.3 Å². The lowest BCUT2D eigenvalue weighted by Crippen LogP contribution is -2.24. The summed E-state index contributed by atoms with van der Waals surface area (Å²) in [7, 11) is 0. The average molecular weight is 302 g/mol. The Labute approximate surface area is 132 Å². The normalized spacial score (nSPS) is 12.8. The van der Waals surface area contributed by atoms with E-state index in [4.69, 9.17) is 4.98 Å². The van der Waals surface area contributed by atoms with Gasteiger partial charge in [-0.25, -0.2) is 4.98 Å². The molecule has 0 fully saturated rings. The third-order valence-corrected chi connectivity index (χ3v) is 5.05. The van der Waals surface area contributed by atoms with Gasteiger partial charge in [-0.1, -0.05) is 58.0 Å². The number of hydrogen-bond donors (Lipinski definition) is 1. The summed E-state index contributed by atoms with van der Waals surface area (Å²) in [5.41, 5.74) is 2.42. The second kappa shape index (κ2) is 7.71. The van der Waals surface area contributed by atoms with E-state index in [2.05, 4.69) is 63.3 Å². The third kappa shape index (κ3) is 4.39. The molecule has 0 aliphatic carbocycles. The van der Waals surface area contributed by atoms with E-state index in [0.717, 1.165) is 19.4 Å². The van der Waals surface area contributed by atoms with Crippen LogP contribution in [-0.4, -0.2) is 17.6 Å². The summed E-state index contributed by atoms with van der Waals surface area (Å²) < 4.78 is 0.